The Morgan fingerprint density at radius 3 is 2.73 bits per heavy atom. The monoisotopic (exact) mass is 324 g/mol. The average Bonchev–Trinajstić information content (AvgIpc) is 3.00. The molecule has 0 aliphatic heterocycles. The van der Waals surface area contributed by atoms with E-state index in [2.05, 4.69) is 15.5 Å². The second-order valence-corrected chi connectivity index (χ2v) is 5.83. The number of halogens is 1. The molecule has 0 atom stereocenters. The minimum atomic E-state index is -0.113. The number of carbonyl (C=O) groups excluding carboxylic acids is 1. The number of aromatic nitrogens is 4. The highest BCUT2D eigenvalue weighted by atomic mass is 35.5. The van der Waals surface area contributed by atoms with Crippen LogP contribution in [0.3, 0.4) is 0 Å². The first-order valence-electron chi connectivity index (χ1n) is 6.72. The fourth-order valence-electron chi connectivity index (χ4n) is 2.06. The van der Waals surface area contributed by atoms with Crippen molar-refractivity contribution in [2.24, 2.45) is 11.1 Å². The van der Waals surface area contributed by atoms with Crippen molar-refractivity contribution in [1.29, 1.82) is 0 Å². The summed E-state index contributed by atoms with van der Waals surface area (Å²) in [6.07, 6.45) is 1.49. The molecule has 120 valence electrons. The molecule has 0 spiro atoms. The van der Waals surface area contributed by atoms with Gasteiger partial charge >= 0.3 is 0 Å². The van der Waals surface area contributed by atoms with Crippen LogP contribution in [0.4, 0.5) is 0 Å². The molecule has 0 radical (unpaired) electrons. The molecule has 0 saturated heterocycles. The van der Waals surface area contributed by atoms with E-state index >= 15 is 0 Å². The third-order valence-corrected chi connectivity index (χ3v) is 3.27. The van der Waals surface area contributed by atoms with Crippen LogP contribution < -0.4 is 5.73 Å². The molecule has 0 saturated carbocycles. The van der Waals surface area contributed by atoms with E-state index in [0.29, 0.717) is 18.7 Å². The minimum absolute atomic E-state index is 0. The Hall–Kier alpha value is -1.99. The molecule has 1 heterocycles. The van der Waals surface area contributed by atoms with Crippen molar-refractivity contribution in [3.63, 3.8) is 0 Å². The average molecular weight is 325 g/mol. The summed E-state index contributed by atoms with van der Waals surface area (Å²) in [6.45, 7) is 5.19. The Morgan fingerprint density at radius 2 is 2.14 bits per heavy atom. The Balaban J connectivity index is 0.00000242. The van der Waals surface area contributed by atoms with Gasteiger partial charge in [0.25, 0.3) is 5.91 Å². The zero-order chi connectivity index (χ0) is 15.5. The summed E-state index contributed by atoms with van der Waals surface area (Å²) in [5.74, 6) is -0.0496. The number of hydrogen-bond acceptors (Lipinski definition) is 5. The Labute approximate surface area is 135 Å². The predicted molar refractivity (Wildman–Crippen MR) is 86.2 cm³/mol. The highest BCUT2D eigenvalue weighted by Crippen LogP contribution is 2.16. The lowest BCUT2D eigenvalue weighted by molar-refractivity contribution is 0.0740. The highest BCUT2D eigenvalue weighted by molar-refractivity contribution is 5.94. The SMILES string of the molecule is CN(CC(C)(C)CN)C(=O)c1cccc(-n2cnnn2)c1.Cl. The molecule has 1 amide bonds. The van der Waals surface area contributed by atoms with E-state index in [4.69, 9.17) is 5.73 Å². The molecule has 0 bridgehead atoms. The van der Waals surface area contributed by atoms with Crippen LogP contribution in [0.2, 0.25) is 0 Å². The number of benzene rings is 1. The van der Waals surface area contributed by atoms with Crippen molar-refractivity contribution in [1.82, 2.24) is 25.1 Å². The largest absolute Gasteiger partial charge is 0.341 e. The highest BCUT2D eigenvalue weighted by Gasteiger charge is 2.22. The first kappa shape index (κ1) is 18.1. The van der Waals surface area contributed by atoms with Gasteiger partial charge in [-0.2, -0.15) is 0 Å². The lowest BCUT2D eigenvalue weighted by Gasteiger charge is -2.29. The predicted octanol–water partition coefficient (Wildman–Crippen LogP) is 1.14. The number of hydrogen-bond donors (Lipinski definition) is 1. The van der Waals surface area contributed by atoms with Crippen LogP contribution in [0.25, 0.3) is 5.69 Å². The van der Waals surface area contributed by atoms with E-state index in [-0.39, 0.29) is 23.7 Å². The lowest BCUT2D eigenvalue weighted by atomic mass is 9.93. The molecule has 0 fully saturated rings. The third kappa shape index (κ3) is 4.25. The number of amides is 1. The summed E-state index contributed by atoms with van der Waals surface area (Å²) in [7, 11) is 1.78. The van der Waals surface area contributed by atoms with Crippen LogP contribution in [-0.2, 0) is 0 Å². The van der Waals surface area contributed by atoms with E-state index in [0.717, 1.165) is 5.69 Å². The third-order valence-electron chi connectivity index (χ3n) is 3.27. The summed E-state index contributed by atoms with van der Waals surface area (Å²) in [5.41, 5.74) is 6.95. The first-order valence-corrected chi connectivity index (χ1v) is 6.72. The fraction of sp³-hybridized carbons (Fsp3) is 0.429. The topological polar surface area (TPSA) is 89.9 Å². The van der Waals surface area contributed by atoms with Crippen molar-refractivity contribution in [2.75, 3.05) is 20.1 Å². The van der Waals surface area contributed by atoms with Gasteiger partial charge in [-0.3, -0.25) is 4.79 Å². The van der Waals surface area contributed by atoms with Gasteiger partial charge in [0.05, 0.1) is 5.69 Å². The Bertz CT molecular complexity index is 614. The van der Waals surface area contributed by atoms with Gasteiger partial charge in [0.1, 0.15) is 6.33 Å². The standard InChI is InChI=1S/C14H20N6O.ClH/c1-14(2,8-15)9-19(3)13(21)11-5-4-6-12(7-11)20-10-16-17-18-20;/h4-7,10H,8-9,15H2,1-3H3;1H. The summed E-state index contributed by atoms with van der Waals surface area (Å²) >= 11 is 0. The fourth-order valence-corrected chi connectivity index (χ4v) is 2.06. The Morgan fingerprint density at radius 1 is 1.41 bits per heavy atom. The molecule has 2 rings (SSSR count). The molecule has 0 unspecified atom stereocenters. The van der Waals surface area contributed by atoms with Gasteiger partial charge in [-0.25, -0.2) is 4.68 Å². The normalized spacial score (nSPS) is 10.9. The molecule has 22 heavy (non-hydrogen) atoms. The number of nitrogens with zero attached hydrogens (tertiary/aromatic N) is 5. The second kappa shape index (κ2) is 7.33. The lowest BCUT2D eigenvalue weighted by Crippen LogP contribution is -2.39. The van der Waals surface area contributed by atoms with Crippen LogP contribution in [0.1, 0.15) is 24.2 Å². The van der Waals surface area contributed by atoms with E-state index in [1.807, 2.05) is 26.0 Å². The summed E-state index contributed by atoms with van der Waals surface area (Å²) in [4.78, 5) is 14.2. The van der Waals surface area contributed by atoms with Crippen LogP contribution in [0.5, 0.6) is 0 Å². The maximum Gasteiger partial charge on any atom is 0.253 e. The Kier molecular flexibility index (Phi) is 6.01. The number of tetrazole rings is 1. The first-order chi connectivity index (χ1) is 9.93. The van der Waals surface area contributed by atoms with Crippen molar-refractivity contribution < 1.29 is 4.79 Å². The zero-order valence-corrected chi connectivity index (χ0v) is 13.7. The van der Waals surface area contributed by atoms with Crippen LogP contribution in [-0.4, -0.2) is 51.2 Å². The molecular formula is C14H21ClN6O. The van der Waals surface area contributed by atoms with Gasteiger partial charge in [0.2, 0.25) is 0 Å². The molecular weight excluding hydrogens is 304 g/mol. The van der Waals surface area contributed by atoms with Gasteiger partial charge in [-0.15, -0.1) is 17.5 Å². The van der Waals surface area contributed by atoms with E-state index in [9.17, 15) is 4.79 Å². The van der Waals surface area contributed by atoms with Gasteiger partial charge in [0.15, 0.2) is 0 Å². The zero-order valence-electron chi connectivity index (χ0n) is 12.9. The van der Waals surface area contributed by atoms with Crippen molar-refractivity contribution >= 4 is 18.3 Å². The van der Waals surface area contributed by atoms with E-state index in [1.54, 1.807) is 24.1 Å². The van der Waals surface area contributed by atoms with Gasteiger partial charge in [-0.1, -0.05) is 19.9 Å². The van der Waals surface area contributed by atoms with Crippen molar-refractivity contribution in [3.8, 4) is 5.69 Å². The maximum absolute atomic E-state index is 12.5. The van der Waals surface area contributed by atoms with Gasteiger partial charge in [0, 0.05) is 19.2 Å². The number of rotatable bonds is 5. The molecule has 1 aromatic carbocycles. The molecule has 2 N–H and O–H groups in total. The van der Waals surface area contributed by atoms with Gasteiger partial charge in [-0.05, 0) is 40.6 Å². The molecule has 8 heteroatoms. The molecule has 0 aliphatic carbocycles. The smallest absolute Gasteiger partial charge is 0.253 e. The molecule has 1 aromatic heterocycles. The van der Waals surface area contributed by atoms with Crippen LogP contribution in [0, 0.1) is 5.41 Å². The molecule has 0 aliphatic rings. The van der Waals surface area contributed by atoms with E-state index in [1.165, 1.54) is 11.0 Å². The number of nitrogens with two attached hydrogens (primary N) is 1. The summed E-state index contributed by atoms with van der Waals surface area (Å²) < 4.78 is 1.51. The number of carbonyl (C=O) groups is 1. The molecule has 2 aromatic rings. The molecule has 7 nitrogen and oxygen atoms in total. The van der Waals surface area contributed by atoms with Crippen LogP contribution in [0.15, 0.2) is 30.6 Å². The summed E-state index contributed by atoms with van der Waals surface area (Å²) in [6, 6.07) is 7.20. The van der Waals surface area contributed by atoms with Crippen molar-refractivity contribution in [3.05, 3.63) is 36.2 Å². The summed E-state index contributed by atoms with van der Waals surface area (Å²) in [5, 5.41) is 11.0. The second-order valence-electron chi connectivity index (χ2n) is 5.83. The van der Waals surface area contributed by atoms with Gasteiger partial charge < -0.3 is 10.6 Å². The quantitative estimate of drug-likeness (QED) is 0.890. The minimum Gasteiger partial charge on any atom is -0.341 e. The van der Waals surface area contributed by atoms with Crippen molar-refractivity contribution in [2.45, 2.75) is 13.8 Å². The van der Waals surface area contributed by atoms with E-state index < -0.39 is 0 Å². The van der Waals surface area contributed by atoms with Crippen LogP contribution >= 0.6 is 12.4 Å². The maximum atomic E-state index is 12.5.